The van der Waals surface area contributed by atoms with Gasteiger partial charge < -0.3 is 4.90 Å². The third-order valence-electron chi connectivity index (χ3n) is 4.97. The second-order valence-electron chi connectivity index (χ2n) is 6.77. The van der Waals surface area contributed by atoms with Crippen molar-refractivity contribution >= 4 is 5.95 Å². The average molecular weight is 325 g/mol. The first kappa shape index (κ1) is 15.3. The number of hydrogen-bond acceptors (Lipinski definition) is 5. The summed E-state index contributed by atoms with van der Waals surface area (Å²) in [6, 6.07) is 5.76. The highest BCUT2D eigenvalue weighted by Crippen LogP contribution is 2.27. The van der Waals surface area contributed by atoms with E-state index in [0.717, 1.165) is 50.8 Å². The molecule has 2 aromatic heterocycles. The Morgan fingerprint density at radius 2 is 2.12 bits per heavy atom. The number of rotatable bonds is 4. The Morgan fingerprint density at radius 3 is 2.92 bits per heavy atom. The molecule has 0 unspecified atom stereocenters. The van der Waals surface area contributed by atoms with E-state index in [9.17, 15) is 4.79 Å². The summed E-state index contributed by atoms with van der Waals surface area (Å²) in [7, 11) is 0. The minimum atomic E-state index is -0.0346. The first-order chi connectivity index (χ1) is 11.8. The van der Waals surface area contributed by atoms with Crippen LogP contribution in [0.5, 0.6) is 0 Å². The molecule has 1 atom stereocenters. The molecule has 0 saturated carbocycles. The summed E-state index contributed by atoms with van der Waals surface area (Å²) in [5.74, 6) is 1.09. The summed E-state index contributed by atoms with van der Waals surface area (Å²) in [6.07, 6.45) is 7.13. The lowest BCUT2D eigenvalue weighted by molar-refractivity contribution is 0.326. The molecule has 0 spiro atoms. The van der Waals surface area contributed by atoms with Crippen LogP contribution in [0.15, 0.2) is 35.4 Å². The number of H-pyrrole nitrogens is 1. The number of pyridine rings is 1. The number of nitrogens with one attached hydrogen (secondary N) is 1. The minimum Gasteiger partial charge on any atom is -0.342 e. The number of nitrogens with zero attached hydrogens (tertiary/aromatic N) is 4. The van der Waals surface area contributed by atoms with Crippen molar-refractivity contribution in [2.45, 2.75) is 31.7 Å². The second-order valence-corrected chi connectivity index (χ2v) is 6.77. The van der Waals surface area contributed by atoms with Crippen LogP contribution in [-0.4, -0.2) is 46.0 Å². The molecule has 4 heterocycles. The molecule has 24 heavy (non-hydrogen) atoms. The summed E-state index contributed by atoms with van der Waals surface area (Å²) in [4.78, 5) is 28.5. The summed E-state index contributed by atoms with van der Waals surface area (Å²) in [5.41, 5.74) is 2.14. The fourth-order valence-corrected chi connectivity index (χ4v) is 3.72. The van der Waals surface area contributed by atoms with E-state index in [4.69, 9.17) is 4.98 Å². The van der Waals surface area contributed by atoms with Gasteiger partial charge in [-0.3, -0.25) is 19.7 Å². The van der Waals surface area contributed by atoms with E-state index in [-0.39, 0.29) is 5.56 Å². The standard InChI is InChI=1S/C18H23N5O/c24-17-10-16(20-18(21-17)23-7-1-2-8-23)15-5-9-22(13-15)12-14-4-3-6-19-11-14/h3-4,6,10-11,15H,1-2,5,7-9,12-13H2,(H,20,21,24)/t15-/m1/s1. The van der Waals surface area contributed by atoms with E-state index >= 15 is 0 Å². The van der Waals surface area contributed by atoms with E-state index < -0.39 is 0 Å². The molecular formula is C18H23N5O. The summed E-state index contributed by atoms with van der Waals surface area (Å²) < 4.78 is 0. The lowest BCUT2D eigenvalue weighted by Gasteiger charge is -2.18. The van der Waals surface area contributed by atoms with Gasteiger partial charge in [-0.25, -0.2) is 4.98 Å². The monoisotopic (exact) mass is 325 g/mol. The summed E-state index contributed by atoms with van der Waals surface area (Å²) >= 11 is 0. The smallest absolute Gasteiger partial charge is 0.252 e. The van der Waals surface area contributed by atoms with Crippen molar-refractivity contribution in [2.75, 3.05) is 31.1 Å². The number of aromatic nitrogens is 3. The predicted molar refractivity (Wildman–Crippen MR) is 93.2 cm³/mol. The van der Waals surface area contributed by atoms with Crippen molar-refractivity contribution in [1.82, 2.24) is 19.9 Å². The van der Waals surface area contributed by atoms with Crippen LogP contribution >= 0.6 is 0 Å². The van der Waals surface area contributed by atoms with Crippen LogP contribution in [-0.2, 0) is 6.54 Å². The van der Waals surface area contributed by atoms with E-state index in [0.29, 0.717) is 5.92 Å². The molecule has 1 N–H and O–H groups in total. The number of hydrogen-bond donors (Lipinski definition) is 1. The molecule has 0 radical (unpaired) electrons. The molecule has 2 aliphatic heterocycles. The molecule has 126 valence electrons. The number of aromatic amines is 1. The Balaban J connectivity index is 1.47. The van der Waals surface area contributed by atoms with Gasteiger partial charge in [-0.1, -0.05) is 6.07 Å². The van der Waals surface area contributed by atoms with Crippen LogP contribution in [0.3, 0.4) is 0 Å². The fourth-order valence-electron chi connectivity index (χ4n) is 3.72. The van der Waals surface area contributed by atoms with E-state index in [2.05, 4.69) is 25.8 Å². The highest BCUT2D eigenvalue weighted by Gasteiger charge is 2.26. The van der Waals surface area contributed by atoms with Crippen LogP contribution in [0.4, 0.5) is 5.95 Å². The lowest BCUT2D eigenvalue weighted by Crippen LogP contribution is -2.25. The molecule has 2 saturated heterocycles. The van der Waals surface area contributed by atoms with Crippen LogP contribution in [0.1, 0.15) is 36.4 Å². The first-order valence-corrected chi connectivity index (χ1v) is 8.75. The Hall–Kier alpha value is -2.21. The summed E-state index contributed by atoms with van der Waals surface area (Å²) in [5, 5.41) is 0. The zero-order valence-electron chi connectivity index (χ0n) is 13.8. The average Bonchev–Trinajstić information content (AvgIpc) is 3.27. The Bertz CT molecular complexity index is 739. The van der Waals surface area contributed by atoms with Gasteiger partial charge in [0, 0.05) is 50.6 Å². The van der Waals surface area contributed by atoms with Gasteiger partial charge in [0.25, 0.3) is 5.56 Å². The van der Waals surface area contributed by atoms with Gasteiger partial charge in [0.2, 0.25) is 5.95 Å². The van der Waals surface area contributed by atoms with Gasteiger partial charge in [0.05, 0.1) is 5.69 Å². The van der Waals surface area contributed by atoms with Gasteiger partial charge in [-0.15, -0.1) is 0 Å². The van der Waals surface area contributed by atoms with Crippen LogP contribution in [0, 0.1) is 0 Å². The Kier molecular flexibility index (Phi) is 4.30. The Morgan fingerprint density at radius 1 is 1.25 bits per heavy atom. The van der Waals surface area contributed by atoms with Gasteiger partial charge in [-0.2, -0.15) is 0 Å². The van der Waals surface area contributed by atoms with Gasteiger partial charge in [0.1, 0.15) is 0 Å². The topological polar surface area (TPSA) is 65.1 Å². The maximum Gasteiger partial charge on any atom is 0.252 e. The van der Waals surface area contributed by atoms with E-state index in [1.54, 1.807) is 12.3 Å². The quantitative estimate of drug-likeness (QED) is 0.928. The molecule has 6 heteroatoms. The third kappa shape index (κ3) is 3.33. The highest BCUT2D eigenvalue weighted by molar-refractivity contribution is 5.32. The molecule has 2 aromatic rings. The van der Waals surface area contributed by atoms with Crippen molar-refractivity contribution < 1.29 is 0 Å². The van der Waals surface area contributed by atoms with Crippen molar-refractivity contribution in [1.29, 1.82) is 0 Å². The molecule has 6 nitrogen and oxygen atoms in total. The zero-order chi connectivity index (χ0) is 16.4. The van der Waals surface area contributed by atoms with Gasteiger partial charge in [-0.05, 0) is 37.4 Å². The van der Waals surface area contributed by atoms with E-state index in [1.165, 1.54) is 18.4 Å². The number of likely N-dealkylation sites (tertiary alicyclic amines) is 1. The fraction of sp³-hybridized carbons (Fsp3) is 0.500. The maximum absolute atomic E-state index is 12.1. The first-order valence-electron chi connectivity index (χ1n) is 8.75. The lowest BCUT2D eigenvalue weighted by atomic mass is 10.1. The molecule has 4 rings (SSSR count). The van der Waals surface area contributed by atoms with Crippen LogP contribution in [0.25, 0.3) is 0 Å². The van der Waals surface area contributed by atoms with Crippen LogP contribution in [0.2, 0.25) is 0 Å². The van der Waals surface area contributed by atoms with Crippen molar-refractivity contribution in [3.8, 4) is 0 Å². The zero-order valence-corrected chi connectivity index (χ0v) is 13.8. The maximum atomic E-state index is 12.1. The summed E-state index contributed by atoms with van der Waals surface area (Å²) in [6.45, 7) is 4.87. The van der Waals surface area contributed by atoms with Gasteiger partial charge in [0.15, 0.2) is 0 Å². The third-order valence-corrected chi connectivity index (χ3v) is 4.97. The predicted octanol–water partition coefficient (Wildman–Crippen LogP) is 1.75. The second kappa shape index (κ2) is 6.73. The van der Waals surface area contributed by atoms with Crippen molar-refractivity contribution in [3.63, 3.8) is 0 Å². The SMILES string of the molecule is O=c1cc([C@@H]2CCN(Cc3cccnc3)C2)nc(N2CCCC2)[nH]1. The molecule has 2 fully saturated rings. The Labute approximate surface area is 141 Å². The molecule has 0 aromatic carbocycles. The largest absolute Gasteiger partial charge is 0.342 e. The van der Waals surface area contributed by atoms with Crippen molar-refractivity contribution in [3.05, 3.63) is 52.2 Å². The highest BCUT2D eigenvalue weighted by atomic mass is 16.1. The van der Waals surface area contributed by atoms with Crippen molar-refractivity contribution in [2.24, 2.45) is 0 Å². The normalized spacial score (nSPS) is 21.5. The molecule has 0 aliphatic carbocycles. The van der Waals surface area contributed by atoms with Crippen LogP contribution < -0.4 is 10.5 Å². The molecule has 0 bridgehead atoms. The molecule has 2 aliphatic rings. The number of anilines is 1. The molecule has 0 amide bonds. The van der Waals surface area contributed by atoms with E-state index in [1.807, 2.05) is 12.3 Å². The van der Waals surface area contributed by atoms with Gasteiger partial charge >= 0.3 is 0 Å². The minimum absolute atomic E-state index is 0.0346. The molecular weight excluding hydrogens is 302 g/mol.